The Balaban J connectivity index is 1.55. The molecule has 1 saturated heterocycles. The van der Waals surface area contributed by atoms with Gasteiger partial charge in [0, 0.05) is 36.4 Å². The Kier molecular flexibility index (Phi) is 6.11. The molecule has 3 aromatic rings. The predicted octanol–water partition coefficient (Wildman–Crippen LogP) is 3.37. The van der Waals surface area contributed by atoms with E-state index in [1.165, 1.54) is 42.1 Å². The zero-order chi connectivity index (χ0) is 20.2. The maximum Gasteiger partial charge on any atom is 0.203 e. The molecular weight excluding hydrogens is 378 g/mol. The number of nitrogens with zero attached hydrogens (tertiary/aromatic N) is 4. The van der Waals surface area contributed by atoms with Crippen LogP contribution >= 0.6 is 12.2 Å². The second-order valence-corrected chi connectivity index (χ2v) is 8.20. The van der Waals surface area contributed by atoms with Crippen LogP contribution in [0.25, 0.3) is 11.4 Å². The Morgan fingerprint density at radius 1 is 1.00 bits per heavy atom. The Morgan fingerprint density at radius 2 is 1.69 bits per heavy atom. The molecule has 1 aliphatic heterocycles. The Bertz CT molecular complexity index is 1000. The molecule has 0 spiro atoms. The van der Waals surface area contributed by atoms with Gasteiger partial charge in [0.25, 0.3) is 0 Å². The first-order valence-corrected chi connectivity index (χ1v) is 11.0. The smallest absolute Gasteiger partial charge is 0.203 e. The van der Waals surface area contributed by atoms with E-state index in [9.17, 15) is 0 Å². The number of benzene rings is 2. The Hall–Kier alpha value is -2.44. The van der Waals surface area contributed by atoms with Crippen molar-refractivity contribution in [1.82, 2.24) is 14.3 Å². The van der Waals surface area contributed by atoms with Gasteiger partial charge in [0.2, 0.25) is 4.77 Å². The third-order valence-electron chi connectivity index (χ3n) is 5.62. The van der Waals surface area contributed by atoms with Crippen LogP contribution in [0.3, 0.4) is 0 Å². The summed E-state index contributed by atoms with van der Waals surface area (Å²) >= 11 is 5.75. The van der Waals surface area contributed by atoms with E-state index in [4.69, 9.17) is 17.3 Å². The van der Waals surface area contributed by atoms with E-state index in [0.29, 0.717) is 0 Å². The van der Waals surface area contributed by atoms with Crippen molar-refractivity contribution in [1.29, 1.82) is 0 Å². The summed E-state index contributed by atoms with van der Waals surface area (Å²) in [5, 5.41) is 4.88. The molecule has 4 rings (SSSR count). The summed E-state index contributed by atoms with van der Waals surface area (Å²) in [6, 6.07) is 19.1. The van der Waals surface area contributed by atoms with E-state index in [0.717, 1.165) is 35.9 Å². The van der Waals surface area contributed by atoms with Crippen molar-refractivity contribution in [2.75, 3.05) is 25.0 Å². The normalized spacial score (nSPS) is 15.0. The van der Waals surface area contributed by atoms with Crippen molar-refractivity contribution < 1.29 is 4.90 Å². The van der Waals surface area contributed by atoms with E-state index >= 15 is 0 Å². The number of nitrogens with one attached hydrogen (secondary N) is 1. The van der Waals surface area contributed by atoms with E-state index in [2.05, 4.69) is 59.8 Å². The molecule has 152 valence electrons. The van der Waals surface area contributed by atoms with E-state index in [1.54, 1.807) is 0 Å². The van der Waals surface area contributed by atoms with Gasteiger partial charge in [0.05, 0.1) is 7.05 Å². The van der Waals surface area contributed by atoms with Crippen LogP contribution in [-0.4, -0.2) is 34.5 Å². The highest BCUT2D eigenvalue weighted by Gasteiger charge is 2.18. The summed E-state index contributed by atoms with van der Waals surface area (Å²) in [6.45, 7) is 6.98. The van der Waals surface area contributed by atoms with Gasteiger partial charge in [-0.15, -0.1) is 5.10 Å². The molecule has 0 amide bonds. The molecule has 1 fully saturated rings. The fourth-order valence-corrected chi connectivity index (χ4v) is 4.51. The second kappa shape index (κ2) is 8.93. The number of hydrogen-bond acceptors (Lipinski definition) is 3. The molecule has 0 saturated carbocycles. The van der Waals surface area contributed by atoms with Gasteiger partial charge in [0.15, 0.2) is 12.5 Å². The average Bonchev–Trinajstić information content (AvgIpc) is 3.38. The van der Waals surface area contributed by atoms with Crippen LogP contribution < -0.4 is 9.80 Å². The number of hydrogen-bond donors (Lipinski definition) is 1. The minimum atomic E-state index is 0.750. The minimum absolute atomic E-state index is 0.750. The molecule has 0 radical (unpaired) electrons. The van der Waals surface area contributed by atoms with Crippen LogP contribution in [0, 0.1) is 4.77 Å². The van der Waals surface area contributed by atoms with Gasteiger partial charge < -0.3 is 14.4 Å². The van der Waals surface area contributed by atoms with Crippen LogP contribution in [0.2, 0.25) is 0 Å². The number of rotatable bonds is 7. The molecule has 5 nitrogen and oxygen atoms in total. The largest absolute Gasteiger partial charge is 0.371 e. The average molecular weight is 409 g/mol. The third-order valence-corrected chi connectivity index (χ3v) is 6.05. The lowest BCUT2D eigenvalue weighted by Crippen LogP contribution is -3.07. The molecule has 1 N–H and O–H groups in total. The Labute approximate surface area is 178 Å². The third kappa shape index (κ3) is 4.28. The maximum absolute atomic E-state index is 5.75. The lowest BCUT2D eigenvalue weighted by Gasteiger charge is -2.23. The zero-order valence-electron chi connectivity index (χ0n) is 17.3. The summed E-state index contributed by atoms with van der Waals surface area (Å²) in [4.78, 5) is 3.89. The lowest BCUT2D eigenvalue weighted by molar-refractivity contribution is -0.917. The molecule has 1 aromatic heterocycles. The van der Waals surface area contributed by atoms with E-state index < -0.39 is 0 Å². The fraction of sp³-hybridized carbons (Fsp3) is 0.391. The van der Waals surface area contributed by atoms with Crippen molar-refractivity contribution in [3.05, 3.63) is 64.9 Å². The summed E-state index contributed by atoms with van der Waals surface area (Å²) in [5.74, 6) is 0.948. The molecule has 6 heteroatoms. The molecule has 0 aliphatic carbocycles. The first-order valence-electron chi connectivity index (χ1n) is 10.5. The van der Waals surface area contributed by atoms with Gasteiger partial charge >= 0.3 is 0 Å². The molecule has 1 unspecified atom stereocenters. The summed E-state index contributed by atoms with van der Waals surface area (Å²) in [5.41, 5.74) is 3.89. The van der Waals surface area contributed by atoms with Gasteiger partial charge in [-0.1, -0.05) is 48.5 Å². The number of quaternary nitrogens is 1. The summed E-state index contributed by atoms with van der Waals surface area (Å²) < 4.78 is 4.89. The number of anilines is 1. The minimum Gasteiger partial charge on any atom is -0.371 e. The SMILES string of the molecule is CCn1c(-c2ccccc2)nn(C[NH+](C)Cc2ccccc2N2CCCC2)c1=S. The standard InChI is InChI=1S/C23H29N5S/c1-3-27-22(19-11-5-4-6-12-19)24-28(23(27)29)18-25(2)17-20-13-7-8-14-21(20)26-15-9-10-16-26/h4-8,11-14H,3,9-10,15-18H2,1-2H3/p+1. The molecule has 29 heavy (non-hydrogen) atoms. The molecular formula is C23H30N5S+. The molecule has 0 bridgehead atoms. The van der Waals surface area contributed by atoms with Gasteiger partial charge in [-0.25, -0.2) is 0 Å². The first-order chi connectivity index (χ1) is 14.2. The van der Waals surface area contributed by atoms with E-state index in [-0.39, 0.29) is 0 Å². The second-order valence-electron chi connectivity index (χ2n) is 7.83. The summed E-state index contributed by atoms with van der Waals surface area (Å²) in [6.07, 6.45) is 2.59. The molecule has 1 aliphatic rings. The van der Waals surface area contributed by atoms with Gasteiger partial charge in [0.1, 0.15) is 6.54 Å². The lowest BCUT2D eigenvalue weighted by atomic mass is 10.1. The molecule has 2 aromatic carbocycles. The summed E-state index contributed by atoms with van der Waals surface area (Å²) in [7, 11) is 2.22. The van der Waals surface area contributed by atoms with Crippen LogP contribution in [0.1, 0.15) is 25.3 Å². The zero-order valence-corrected chi connectivity index (χ0v) is 18.2. The highest BCUT2D eigenvalue weighted by Crippen LogP contribution is 2.24. The fourth-order valence-electron chi connectivity index (χ4n) is 4.19. The van der Waals surface area contributed by atoms with E-state index in [1.807, 2.05) is 22.9 Å². The predicted molar refractivity (Wildman–Crippen MR) is 121 cm³/mol. The van der Waals surface area contributed by atoms with Gasteiger partial charge in [-0.05, 0) is 38.0 Å². The van der Waals surface area contributed by atoms with Gasteiger partial charge in [-0.3, -0.25) is 0 Å². The number of para-hydroxylation sites is 1. The molecule has 1 atom stereocenters. The highest BCUT2D eigenvalue weighted by molar-refractivity contribution is 7.71. The highest BCUT2D eigenvalue weighted by atomic mass is 32.1. The van der Waals surface area contributed by atoms with Crippen molar-refractivity contribution >= 4 is 17.9 Å². The maximum atomic E-state index is 5.75. The van der Waals surface area contributed by atoms with Crippen molar-refractivity contribution in [2.45, 2.75) is 39.5 Å². The quantitative estimate of drug-likeness (QED) is 0.608. The van der Waals surface area contributed by atoms with Crippen LogP contribution in [0.4, 0.5) is 5.69 Å². The van der Waals surface area contributed by atoms with Crippen molar-refractivity contribution in [3.8, 4) is 11.4 Å². The van der Waals surface area contributed by atoms with Crippen molar-refractivity contribution in [3.63, 3.8) is 0 Å². The van der Waals surface area contributed by atoms with Crippen LogP contribution in [-0.2, 0) is 19.8 Å². The van der Waals surface area contributed by atoms with Crippen LogP contribution in [0.5, 0.6) is 0 Å². The van der Waals surface area contributed by atoms with Gasteiger partial charge in [-0.2, -0.15) is 4.68 Å². The topological polar surface area (TPSA) is 30.4 Å². The van der Waals surface area contributed by atoms with Crippen molar-refractivity contribution in [2.24, 2.45) is 0 Å². The van der Waals surface area contributed by atoms with Crippen LogP contribution in [0.15, 0.2) is 54.6 Å². The number of aromatic nitrogens is 3. The molecule has 2 heterocycles. The first kappa shape index (κ1) is 19.9. The monoisotopic (exact) mass is 408 g/mol. The Morgan fingerprint density at radius 3 is 2.41 bits per heavy atom.